The van der Waals surface area contributed by atoms with Gasteiger partial charge < -0.3 is 0 Å². The van der Waals surface area contributed by atoms with Gasteiger partial charge in [0.2, 0.25) is 0 Å². The van der Waals surface area contributed by atoms with Crippen molar-refractivity contribution in [3.05, 3.63) is 71.3 Å². The molecule has 0 saturated carbocycles. The van der Waals surface area contributed by atoms with Crippen LogP contribution in [0.5, 0.6) is 0 Å². The molecule has 2 aromatic rings. The molecule has 1 heterocycles. The van der Waals surface area contributed by atoms with E-state index in [1.807, 2.05) is 48.5 Å². The fraction of sp³-hybridized carbons (Fsp3) is 0.0667. The van der Waals surface area contributed by atoms with Crippen molar-refractivity contribution >= 4 is 11.7 Å². The molecule has 0 fully saturated rings. The van der Waals surface area contributed by atoms with Gasteiger partial charge in [-0.3, -0.25) is 15.1 Å². The molecule has 0 unspecified atom stereocenters. The number of amidine groups is 1. The highest BCUT2D eigenvalue weighted by Crippen LogP contribution is 2.23. The Bertz CT molecular complexity index is 584. The molecule has 0 atom stereocenters. The number of nitrogens with zero attached hydrogens (tertiary/aromatic N) is 1. The number of benzene rings is 2. The van der Waals surface area contributed by atoms with Crippen molar-refractivity contribution in [1.29, 1.82) is 5.41 Å². The summed E-state index contributed by atoms with van der Waals surface area (Å²) in [6.45, 7) is 0.452. The van der Waals surface area contributed by atoms with Crippen LogP contribution in [0.15, 0.2) is 54.6 Å². The maximum absolute atomic E-state index is 12.2. The third-order valence-corrected chi connectivity index (χ3v) is 3.11. The smallest absolute Gasteiger partial charge is 0.260 e. The summed E-state index contributed by atoms with van der Waals surface area (Å²) in [6, 6.07) is 17.0. The molecule has 18 heavy (non-hydrogen) atoms. The molecule has 88 valence electrons. The van der Waals surface area contributed by atoms with Crippen LogP contribution in [0.4, 0.5) is 0 Å². The average Bonchev–Trinajstić information content (AvgIpc) is 2.66. The number of rotatable bonds is 2. The SMILES string of the molecule is N=C1c2ccccc2C(=O)N1Cc1ccccc1. The number of hydrogen-bond acceptors (Lipinski definition) is 2. The summed E-state index contributed by atoms with van der Waals surface area (Å²) in [7, 11) is 0. The van der Waals surface area contributed by atoms with Crippen LogP contribution in [0.2, 0.25) is 0 Å². The van der Waals surface area contributed by atoms with Crippen molar-refractivity contribution in [2.24, 2.45) is 0 Å². The van der Waals surface area contributed by atoms with Gasteiger partial charge in [-0.1, -0.05) is 48.5 Å². The van der Waals surface area contributed by atoms with Crippen LogP contribution >= 0.6 is 0 Å². The molecule has 0 aromatic heterocycles. The molecule has 3 rings (SSSR count). The fourth-order valence-electron chi connectivity index (χ4n) is 2.19. The van der Waals surface area contributed by atoms with Crippen molar-refractivity contribution < 1.29 is 4.79 Å². The Hall–Kier alpha value is -2.42. The summed E-state index contributed by atoms with van der Waals surface area (Å²) in [5, 5.41) is 8.07. The van der Waals surface area contributed by atoms with Crippen LogP contribution in [0, 0.1) is 5.41 Å². The second-order valence-corrected chi connectivity index (χ2v) is 4.27. The molecular formula is C15H12N2O. The third-order valence-electron chi connectivity index (χ3n) is 3.11. The van der Waals surface area contributed by atoms with E-state index in [0.717, 1.165) is 11.1 Å². The lowest BCUT2D eigenvalue weighted by molar-refractivity contribution is 0.0852. The molecule has 0 saturated heterocycles. The van der Waals surface area contributed by atoms with Gasteiger partial charge in [-0.25, -0.2) is 0 Å². The zero-order chi connectivity index (χ0) is 12.5. The van der Waals surface area contributed by atoms with Gasteiger partial charge in [0, 0.05) is 5.56 Å². The summed E-state index contributed by atoms with van der Waals surface area (Å²) in [6.07, 6.45) is 0. The maximum atomic E-state index is 12.2. The zero-order valence-electron chi connectivity index (χ0n) is 9.76. The van der Waals surface area contributed by atoms with Gasteiger partial charge in [-0.15, -0.1) is 0 Å². The molecule has 3 nitrogen and oxygen atoms in total. The molecule has 0 radical (unpaired) electrons. The van der Waals surface area contributed by atoms with E-state index >= 15 is 0 Å². The van der Waals surface area contributed by atoms with Gasteiger partial charge in [-0.05, 0) is 11.6 Å². The lowest BCUT2D eigenvalue weighted by Crippen LogP contribution is -2.29. The molecule has 0 bridgehead atoms. The van der Waals surface area contributed by atoms with Crippen molar-refractivity contribution in [1.82, 2.24) is 4.90 Å². The number of fused-ring (bicyclic) bond motifs is 1. The first-order valence-electron chi connectivity index (χ1n) is 5.81. The van der Waals surface area contributed by atoms with Crippen molar-refractivity contribution in [2.45, 2.75) is 6.54 Å². The van der Waals surface area contributed by atoms with E-state index in [9.17, 15) is 4.79 Å². The van der Waals surface area contributed by atoms with E-state index in [0.29, 0.717) is 17.9 Å². The number of carbonyl (C=O) groups excluding carboxylic acids is 1. The summed E-state index contributed by atoms with van der Waals surface area (Å²) in [5.74, 6) is 0.207. The van der Waals surface area contributed by atoms with E-state index < -0.39 is 0 Å². The highest BCUT2D eigenvalue weighted by Gasteiger charge is 2.31. The van der Waals surface area contributed by atoms with Crippen LogP contribution < -0.4 is 0 Å². The number of amides is 1. The Morgan fingerprint density at radius 3 is 2.17 bits per heavy atom. The molecular weight excluding hydrogens is 224 g/mol. The fourth-order valence-corrected chi connectivity index (χ4v) is 2.19. The minimum absolute atomic E-state index is 0.0838. The maximum Gasteiger partial charge on any atom is 0.260 e. The minimum Gasteiger partial charge on any atom is -0.288 e. The summed E-state index contributed by atoms with van der Waals surface area (Å²) in [4.78, 5) is 13.7. The summed E-state index contributed by atoms with van der Waals surface area (Å²) < 4.78 is 0. The second kappa shape index (κ2) is 4.11. The Kier molecular flexibility index (Phi) is 2.45. The Labute approximate surface area is 105 Å². The van der Waals surface area contributed by atoms with Gasteiger partial charge in [0.25, 0.3) is 5.91 Å². The van der Waals surface area contributed by atoms with E-state index in [4.69, 9.17) is 5.41 Å². The molecule has 1 amide bonds. The summed E-state index contributed by atoms with van der Waals surface area (Å²) >= 11 is 0. The number of carbonyl (C=O) groups is 1. The monoisotopic (exact) mass is 236 g/mol. The predicted octanol–water partition coefficient (Wildman–Crippen LogP) is 2.67. The minimum atomic E-state index is -0.0838. The highest BCUT2D eigenvalue weighted by molar-refractivity contribution is 6.22. The second-order valence-electron chi connectivity index (χ2n) is 4.27. The van der Waals surface area contributed by atoms with Crippen molar-refractivity contribution in [3.63, 3.8) is 0 Å². The molecule has 1 N–H and O–H groups in total. The van der Waals surface area contributed by atoms with Gasteiger partial charge >= 0.3 is 0 Å². The molecule has 1 aliphatic heterocycles. The molecule has 2 aromatic carbocycles. The van der Waals surface area contributed by atoms with Crippen LogP contribution in [-0.2, 0) is 6.54 Å². The van der Waals surface area contributed by atoms with E-state index in [1.54, 1.807) is 6.07 Å². The summed E-state index contributed by atoms with van der Waals surface area (Å²) in [5.41, 5.74) is 2.38. The average molecular weight is 236 g/mol. The molecule has 1 aliphatic rings. The van der Waals surface area contributed by atoms with Crippen molar-refractivity contribution in [3.8, 4) is 0 Å². The van der Waals surface area contributed by atoms with Crippen LogP contribution in [0.1, 0.15) is 21.5 Å². The lowest BCUT2D eigenvalue weighted by atomic mass is 10.1. The largest absolute Gasteiger partial charge is 0.288 e. The first kappa shape index (κ1) is 10.7. The Morgan fingerprint density at radius 1 is 0.889 bits per heavy atom. The first-order valence-corrected chi connectivity index (χ1v) is 5.81. The Balaban J connectivity index is 1.93. The molecule has 3 heteroatoms. The van der Waals surface area contributed by atoms with Crippen LogP contribution in [0.3, 0.4) is 0 Å². The predicted molar refractivity (Wildman–Crippen MR) is 69.6 cm³/mol. The van der Waals surface area contributed by atoms with Crippen LogP contribution in [-0.4, -0.2) is 16.6 Å². The number of nitrogens with one attached hydrogen (secondary N) is 1. The van der Waals surface area contributed by atoms with Gasteiger partial charge in [0.1, 0.15) is 5.84 Å². The Morgan fingerprint density at radius 2 is 1.50 bits per heavy atom. The molecule has 0 spiro atoms. The number of hydrogen-bond donors (Lipinski definition) is 1. The van der Waals surface area contributed by atoms with Crippen LogP contribution in [0.25, 0.3) is 0 Å². The van der Waals surface area contributed by atoms with Gasteiger partial charge in [-0.2, -0.15) is 0 Å². The van der Waals surface area contributed by atoms with E-state index in [-0.39, 0.29) is 5.91 Å². The third kappa shape index (κ3) is 1.61. The van der Waals surface area contributed by atoms with E-state index in [1.165, 1.54) is 4.90 Å². The van der Waals surface area contributed by atoms with Crippen molar-refractivity contribution in [2.75, 3.05) is 0 Å². The molecule has 0 aliphatic carbocycles. The topological polar surface area (TPSA) is 44.2 Å². The van der Waals surface area contributed by atoms with Gasteiger partial charge in [0.15, 0.2) is 0 Å². The highest BCUT2D eigenvalue weighted by atomic mass is 16.2. The standard InChI is InChI=1S/C15H12N2O/c16-14-12-8-4-5-9-13(12)15(18)17(14)10-11-6-2-1-3-7-11/h1-9,16H,10H2. The van der Waals surface area contributed by atoms with Gasteiger partial charge in [0.05, 0.1) is 12.1 Å². The first-order chi connectivity index (χ1) is 8.77. The lowest BCUT2D eigenvalue weighted by Gasteiger charge is -2.15. The normalized spacial score (nSPS) is 13.9. The van der Waals surface area contributed by atoms with E-state index in [2.05, 4.69) is 0 Å². The zero-order valence-corrected chi connectivity index (χ0v) is 9.76. The quantitative estimate of drug-likeness (QED) is 0.856.